The summed E-state index contributed by atoms with van der Waals surface area (Å²) in [6.07, 6.45) is 0. The molecule has 0 fully saturated rings. The molecule has 0 atom stereocenters. The summed E-state index contributed by atoms with van der Waals surface area (Å²) in [5, 5.41) is 7.03. The van der Waals surface area contributed by atoms with Crippen molar-refractivity contribution in [3.05, 3.63) is 52.8 Å². The van der Waals surface area contributed by atoms with E-state index < -0.39 is 0 Å². The number of nitrogens with one attached hydrogen (secondary N) is 1. The maximum Gasteiger partial charge on any atom is 0.0478 e. The van der Waals surface area contributed by atoms with Gasteiger partial charge in [-0.3, -0.25) is 0 Å². The van der Waals surface area contributed by atoms with Crippen molar-refractivity contribution in [3.8, 4) is 0 Å². The highest BCUT2D eigenvalue weighted by Gasteiger charge is 1.97. The fourth-order valence-electron chi connectivity index (χ4n) is 1.12. The molecule has 0 spiro atoms. The SMILES string of the molecule is C=CS/C=C(\NC)c1ccc(C)cc1. The number of rotatable bonds is 4. The maximum absolute atomic E-state index is 3.67. The zero-order chi connectivity index (χ0) is 10.4. The van der Waals surface area contributed by atoms with Crippen LogP contribution in [0.1, 0.15) is 11.1 Å². The third kappa shape index (κ3) is 2.96. The van der Waals surface area contributed by atoms with E-state index in [4.69, 9.17) is 0 Å². The standard InChI is InChI=1S/C12H15NS/c1-4-14-9-12(13-3)11-7-5-10(2)6-8-11/h4-9,13H,1H2,2-3H3/b12-9-. The Morgan fingerprint density at radius 1 is 1.36 bits per heavy atom. The molecular formula is C12H15NS. The third-order valence-electron chi connectivity index (χ3n) is 1.91. The maximum atomic E-state index is 3.67. The summed E-state index contributed by atoms with van der Waals surface area (Å²) < 4.78 is 0. The van der Waals surface area contributed by atoms with Crippen LogP contribution in [0.2, 0.25) is 0 Å². The molecule has 0 amide bonds. The van der Waals surface area contributed by atoms with E-state index in [1.807, 2.05) is 12.5 Å². The van der Waals surface area contributed by atoms with Crippen LogP contribution in [0.4, 0.5) is 0 Å². The molecule has 1 aromatic rings. The molecule has 74 valence electrons. The lowest BCUT2D eigenvalue weighted by atomic mass is 10.1. The second-order valence-electron chi connectivity index (χ2n) is 2.95. The molecule has 0 aliphatic carbocycles. The van der Waals surface area contributed by atoms with Gasteiger partial charge in [0.05, 0.1) is 0 Å². The molecule has 0 aliphatic heterocycles. The lowest BCUT2D eigenvalue weighted by Crippen LogP contribution is -2.03. The van der Waals surface area contributed by atoms with Gasteiger partial charge in [0, 0.05) is 12.7 Å². The van der Waals surface area contributed by atoms with E-state index in [2.05, 4.69) is 48.5 Å². The molecule has 14 heavy (non-hydrogen) atoms. The number of hydrogen-bond acceptors (Lipinski definition) is 2. The van der Waals surface area contributed by atoms with Gasteiger partial charge in [-0.15, -0.1) is 11.8 Å². The molecule has 0 radical (unpaired) electrons. The van der Waals surface area contributed by atoms with Crippen molar-refractivity contribution >= 4 is 17.5 Å². The van der Waals surface area contributed by atoms with Crippen molar-refractivity contribution in [1.29, 1.82) is 0 Å². The van der Waals surface area contributed by atoms with Gasteiger partial charge in [0.2, 0.25) is 0 Å². The topological polar surface area (TPSA) is 12.0 Å². The predicted octanol–water partition coefficient (Wildman–Crippen LogP) is 3.39. The van der Waals surface area contributed by atoms with E-state index in [0.29, 0.717) is 0 Å². The largest absolute Gasteiger partial charge is 0.387 e. The van der Waals surface area contributed by atoms with Gasteiger partial charge >= 0.3 is 0 Å². The molecule has 1 N–H and O–H groups in total. The Bertz CT molecular complexity index is 325. The van der Waals surface area contributed by atoms with Crippen molar-refractivity contribution in [2.24, 2.45) is 0 Å². The van der Waals surface area contributed by atoms with E-state index in [9.17, 15) is 0 Å². The molecule has 0 aliphatic rings. The van der Waals surface area contributed by atoms with E-state index in [0.717, 1.165) is 5.70 Å². The quantitative estimate of drug-likeness (QED) is 0.808. The van der Waals surface area contributed by atoms with Gasteiger partial charge < -0.3 is 5.32 Å². The Morgan fingerprint density at radius 2 is 2.00 bits per heavy atom. The van der Waals surface area contributed by atoms with Crippen molar-refractivity contribution in [3.63, 3.8) is 0 Å². The van der Waals surface area contributed by atoms with Crippen LogP contribution in [0, 0.1) is 6.92 Å². The molecular weight excluding hydrogens is 190 g/mol. The monoisotopic (exact) mass is 205 g/mol. The smallest absolute Gasteiger partial charge is 0.0478 e. The summed E-state index contributed by atoms with van der Waals surface area (Å²) in [5.74, 6) is 0. The van der Waals surface area contributed by atoms with Gasteiger partial charge in [0.1, 0.15) is 0 Å². The minimum absolute atomic E-state index is 1.12. The molecule has 1 nitrogen and oxygen atoms in total. The fraction of sp³-hybridized carbons (Fsp3) is 0.167. The summed E-state index contributed by atoms with van der Waals surface area (Å²) in [5.41, 5.74) is 3.60. The first-order valence-electron chi connectivity index (χ1n) is 4.49. The number of hydrogen-bond donors (Lipinski definition) is 1. The Hall–Kier alpha value is -1.15. The highest BCUT2D eigenvalue weighted by atomic mass is 32.2. The molecule has 0 bridgehead atoms. The Kier molecular flexibility index (Phi) is 4.33. The van der Waals surface area contributed by atoms with E-state index in [-0.39, 0.29) is 0 Å². The summed E-state index contributed by atoms with van der Waals surface area (Å²) >= 11 is 1.58. The van der Waals surface area contributed by atoms with Crippen molar-refractivity contribution < 1.29 is 0 Å². The van der Waals surface area contributed by atoms with Crippen LogP contribution in [0.25, 0.3) is 5.70 Å². The molecule has 0 heterocycles. The first-order chi connectivity index (χ1) is 6.77. The zero-order valence-electron chi connectivity index (χ0n) is 8.58. The van der Waals surface area contributed by atoms with Crippen LogP contribution in [-0.2, 0) is 0 Å². The second kappa shape index (κ2) is 5.55. The van der Waals surface area contributed by atoms with Gasteiger partial charge in [-0.05, 0) is 23.3 Å². The van der Waals surface area contributed by atoms with Gasteiger partial charge in [0.15, 0.2) is 0 Å². The number of aryl methyl sites for hydroxylation is 1. The van der Waals surface area contributed by atoms with Crippen LogP contribution in [0.3, 0.4) is 0 Å². The van der Waals surface area contributed by atoms with E-state index in [1.54, 1.807) is 11.8 Å². The molecule has 0 saturated heterocycles. The van der Waals surface area contributed by atoms with E-state index in [1.165, 1.54) is 11.1 Å². The first kappa shape index (κ1) is 10.9. The van der Waals surface area contributed by atoms with Crippen molar-refractivity contribution in [1.82, 2.24) is 5.32 Å². The minimum Gasteiger partial charge on any atom is -0.387 e. The fourth-order valence-corrected chi connectivity index (χ4v) is 1.61. The number of benzene rings is 1. The lowest BCUT2D eigenvalue weighted by Gasteiger charge is -2.06. The molecule has 1 aromatic carbocycles. The highest BCUT2D eigenvalue weighted by molar-refractivity contribution is 8.05. The van der Waals surface area contributed by atoms with Gasteiger partial charge in [-0.25, -0.2) is 0 Å². The molecule has 0 aromatic heterocycles. The Balaban J connectivity index is 2.89. The summed E-state index contributed by atoms with van der Waals surface area (Å²) in [4.78, 5) is 0. The zero-order valence-corrected chi connectivity index (χ0v) is 9.40. The Morgan fingerprint density at radius 3 is 2.50 bits per heavy atom. The average molecular weight is 205 g/mol. The van der Waals surface area contributed by atoms with Gasteiger partial charge in [-0.2, -0.15) is 0 Å². The van der Waals surface area contributed by atoms with Crippen LogP contribution in [-0.4, -0.2) is 7.05 Å². The predicted molar refractivity (Wildman–Crippen MR) is 66.0 cm³/mol. The van der Waals surface area contributed by atoms with E-state index >= 15 is 0 Å². The van der Waals surface area contributed by atoms with Crippen molar-refractivity contribution in [2.45, 2.75) is 6.92 Å². The number of thioether (sulfide) groups is 1. The molecule has 2 heteroatoms. The van der Waals surface area contributed by atoms with Crippen molar-refractivity contribution in [2.75, 3.05) is 7.05 Å². The second-order valence-corrected chi connectivity index (χ2v) is 3.79. The minimum atomic E-state index is 1.12. The third-order valence-corrected chi connectivity index (χ3v) is 2.48. The van der Waals surface area contributed by atoms with Crippen LogP contribution >= 0.6 is 11.8 Å². The van der Waals surface area contributed by atoms with Gasteiger partial charge in [0.25, 0.3) is 0 Å². The average Bonchev–Trinajstić information content (AvgIpc) is 2.21. The summed E-state index contributed by atoms with van der Waals surface area (Å²) in [7, 11) is 1.93. The summed E-state index contributed by atoms with van der Waals surface area (Å²) in [6.45, 7) is 5.75. The lowest BCUT2D eigenvalue weighted by molar-refractivity contribution is 1.13. The Labute approximate surface area is 89.9 Å². The molecule has 0 saturated carbocycles. The first-order valence-corrected chi connectivity index (χ1v) is 5.43. The molecule has 1 rings (SSSR count). The van der Waals surface area contributed by atoms with Gasteiger partial charge in [-0.1, -0.05) is 36.4 Å². The molecule has 0 unspecified atom stereocenters. The normalized spacial score (nSPS) is 11.1. The van der Waals surface area contributed by atoms with Crippen LogP contribution in [0.15, 0.2) is 41.7 Å². The highest BCUT2D eigenvalue weighted by Crippen LogP contribution is 2.16. The van der Waals surface area contributed by atoms with Crippen LogP contribution < -0.4 is 5.32 Å². The van der Waals surface area contributed by atoms with Crippen LogP contribution in [0.5, 0.6) is 0 Å². The summed E-state index contributed by atoms with van der Waals surface area (Å²) in [6, 6.07) is 8.45.